The third-order valence-electron chi connectivity index (χ3n) is 4.52. The lowest BCUT2D eigenvalue weighted by molar-refractivity contribution is 0.104. The van der Waals surface area contributed by atoms with E-state index in [0.29, 0.717) is 33.9 Å². The molecule has 0 fully saturated rings. The van der Waals surface area contributed by atoms with E-state index in [2.05, 4.69) is 20.6 Å². The van der Waals surface area contributed by atoms with Gasteiger partial charge in [-0.05, 0) is 36.4 Å². The molecule has 0 aliphatic rings. The van der Waals surface area contributed by atoms with Gasteiger partial charge in [0.1, 0.15) is 5.65 Å². The largest absolute Gasteiger partial charge is 0.504 e. The Labute approximate surface area is 171 Å². The number of nitrogens with one attached hydrogen (secondary N) is 3. The molecule has 8 nitrogen and oxygen atoms in total. The smallest absolute Gasteiger partial charge is 0.323 e. The number of H-pyrrole nitrogens is 1. The Hall–Kier alpha value is -4.33. The van der Waals surface area contributed by atoms with E-state index >= 15 is 0 Å². The van der Waals surface area contributed by atoms with Crippen LogP contribution in [-0.2, 0) is 0 Å². The first-order valence-corrected chi connectivity index (χ1v) is 9.07. The van der Waals surface area contributed by atoms with Crippen molar-refractivity contribution in [2.75, 3.05) is 17.7 Å². The van der Waals surface area contributed by atoms with E-state index in [0.717, 1.165) is 5.39 Å². The highest BCUT2D eigenvalue weighted by Gasteiger charge is 2.15. The number of aromatic nitrogens is 2. The van der Waals surface area contributed by atoms with Crippen LogP contribution < -0.4 is 15.4 Å². The molecule has 4 rings (SSSR count). The minimum Gasteiger partial charge on any atom is -0.504 e. The minimum atomic E-state index is -0.513. The first kappa shape index (κ1) is 19.0. The fourth-order valence-electron chi connectivity index (χ4n) is 3.10. The van der Waals surface area contributed by atoms with Crippen LogP contribution in [0, 0.1) is 0 Å². The van der Waals surface area contributed by atoms with Crippen LogP contribution in [0.3, 0.4) is 0 Å². The zero-order valence-electron chi connectivity index (χ0n) is 16.0. The number of amides is 2. The van der Waals surface area contributed by atoms with Crippen molar-refractivity contribution in [3.05, 3.63) is 78.1 Å². The Bertz CT molecular complexity index is 1250. The van der Waals surface area contributed by atoms with Crippen LogP contribution in [-0.4, -0.2) is 34.0 Å². The number of methoxy groups -OCH3 is 1. The second-order valence-corrected chi connectivity index (χ2v) is 6.48. The van der Waals surface area contributed by atoms with Gasteiger partial charge in [0.2, 0.25) is 0 Å². The van der Waals surface area contributed by atoms with Crippen LogP contribution in [0.15, 0.2) is 67.0 Å². The number of phenols is 1. The topological polar surface area (TPSA) is 116 Å². The number of aromatic hydroxyl groups is 1. The number of fused-ring (bicyclic) bond motifs is 1. The van der Waals surface area contributed by atoms with E-state index in [-0.39, 0.29) is 11.5 Å². The van der Waals surface area contributed by atoms with E-state index in [4.69, 9.17) is 4.74 Å². The number of phenolic OH excluding ortho intramolecular Hbond substituents is 1. The summed E-state index contributed by atoms with van der Waals surface area (Å²) in [5.74, 6) is 0.0363. The van der Waals surface area contributed by atoms with Gasteiger partial charge < -0.3 is 25.5 Å². The summed E-state index contributed by atoms with van der Waals surface area (Å²) in [4.78, 5) is 32.4. The van der Waals surface area contributed by atoms with Gasteiger partial charge in [-0.1, -0.05) is 12.1 Å². The summed E-state index contributed by atoms with van der Waals surface area (Å²) in [6.07, 6.45) is 3.28. The summed E-state index contributed by atoms with van der Waals surface area (Å²) in [6.45, 7) is 0. The normalized spacial score (nSPS) is 10.6. The maximum absolute atomic E-state index is 12.9. The third-order valence-corrected chi connectivity index (χ3v) is 4.52. The number of nitrogens with zero attached hydrogens (tertiary/aromatic N) is 1. The minimum absolute atomic E-state index is 0.0869. The van der Waals surface area contributed by atoms with Crippen molar-refractivity contribution < 1.29 is 19.4 Å². The van der Waals surface area contributed by atoms with Gasteiger partial charge in [0.05, 0.1) is 7.11 Å². The van der Waals surface area contributed by atoms with E-state index < -0.39 is 6.03 Å². The van der Waals surface area contributed by atoms with Crippen molar-refractivity contribution in [1.29, 1.82) is 0 Å². The molecular weight excluding hydrogens is 384 g/mol. The molecule has 0 saturated heterocycles. The molecule has 0 unspecified atom stereocenters. The molecule has 0 spiro atoms. The molecule has 0 bridgehead atoms. The van der Waals surface area contributed by atoms with E-state index in [1.807, 2.05) is 6.07 Å². The van der Waals surface area contributed by atoms with Gasteiger partial charge in [0.15, 0.2) is 17.3 Å². The molecule has 30 heavy (non-hydrogen) atoms. The summed E-state index contributed by atoms with van der Waals surface area (Å²) >= 11 is 0. The highest BCUT2D eigenvalue weighted by molar-refractivity contribution is 6.16. The van der Waals surface area contributed by atoms with Crippen molar-refractivity contribution in [2.24, 2.45) is 0 Å². The molecule has 2 aromatic carbocycles. The van der Waals surface area contributed by atoms with Gasteiger partial charge in [0.25, 0.3) is 0 Å². The number of benzene rings is 2. The highest BCUT2D eigenvalue weighted by Crippen LogP contribution is 2.28. The molecule has 0 saturated carbocycles. The number of carbonyl (C=O) groups excluding carboxylic acids is 2. The van der Waals surface area contributed by atoms with Crippen molar-refractivity contribution in [2.45, 2.75) is 0 Å². The van der Waals surface area contributed by atoms with Crippen molar-refractivity contribution in [1.82, 2.24) is 9.97 Å². The summed E-state index contributed by atoms with van der Waals surface area (Å²) in [5, 5.41) is 15.9. The van der Waals surface area contributed by atoms with Crippen LogP contribution in [0.1, 0.15) is 15.9 Å². The first-order valence-electron chi connectivity index (χ1n) is 9.07. The number of ketones is 1. The molecule has 0 radical (unpaired) electrons. The summed E-state index contributed by atoms with van der Waals surface area (Å²) in [7, 11) is 1.44. The zero-order chi connectivity index (χ0) is 21.1. The lowest BCUT2D eigenvalue weighted by Crippen LogP contribution is -2.19. The number of urea groups is 1. The first-order chi connectivity index (χ1) is 14.5. The molecule has 4 N–H and O–H groups in total. The SMILES string of the molecule is COc1ccc(NC(=O)Nc2cccc(C(=O)c3c[nH]c4ncccc34)c2)cc1O. The Morgan fingerprint density at radius 2 is 1.83 bits per heavy atom. The molecule has 0 aliphatic carbocycles. The lowest BCUT2D eigenvalue weighted by atomic mass is 10.0. The van der Waals surface area contributed by atoms with Crippen LogP contribution in [0.4, 0.5) is 16.2 Å². The van der Waals surface area contributed by atoms with E-state index in [9.17, 15) is 14.7 Å². The van der Waals surface area contributed by atoms with Gasteiger partial charge in [-0.15, -0.1) is 0 Å². The highest BCUT2D eigenvalue weighted by atomic mass is 16.5. The molecule has 2 amide bonds. The lowest BCUT2D eigenvalue weighted by Gasteiger charge is -2.10. The number of anilines is 2. The molecule has 8 heteroatoms. The number of pyridine rings is 1. The second-order valence-electron chi connectivity index (χ2n) is 6.48. The molecule has 2 aromatic heterocycles. The number of hydrogen-bond acceptors (Lipinski definition) is 5. The summed E-state index contributed by atoms with van der Waals surface area (Å²) in [6, 6.07) is 14.3. The number of rotatable bonds is 5. The maximum Gasteiger partial charge on any atom is 0.323 e. The van der Waals surface area contributed by atoms with E-state index in [1.165, 1.54) is 13.2 Å². The summed E-state index contributed by atoms with van der Waals surface area (Å²) < 4.78 is 4.98. The van der Waals surface area contributed by atoms with Gasteiger partial charge in [0, 0.05) is 46.3 Å². The van der Waals surface area contributed by atoms with Gasteiger partial charge in [-0.2, -0.15) is 0 Å². The fourth-order valence-corrected chi connectivity index (χ4v) is 3.10. The second kappa shape index (κ2) is 7.96. The Balaban J connectivity index is 1.50. The molecule has 4 aromatic rings. The monoisotopic (exact) mass is 402 g/mol. The number of aromatic amines is 1. The maximum atomic E-state index is 12.9. The number of ether oxygens (including phenoxy) is 1. The zero-order valence-corrected chi connectivity index (χ0v) is 16.0. The number of hydrogen-bond donors (Lipinski definition) is 4. The van der Waals surface area contributed by atoms with Crippen LogP contribution in [0.25, 0.3) is 11.0 Å². The predicted octanol–water partition coefficient (Wildman–Crippen LogP) is 4.15. The Morgan fingerprint density at radius 3 is 2.60 bits per heavy atom. The van der Waals surface area contributed by atoms with Crippen LogP contribution >= 0.6 is 0 Å². The standard InChI is InChI=1S/C22H18N4O4/c1-30-19-8-7-15(11-18(19)27)26-22(29)25-14-5-2-4-13(10-14)20(28)17-12-24-21-16(17)6-3-9-23-21/h2-12,27H,1H3,(H,23,24)(H2,25,26,29). The third kappa shape index (κ3) is 3.79. The summed E-state index contributed by atoms with van der Waals surface area (Å²) in [5.41, 5.74) is 2.42. The van der Waals surface area contributed by atoms with E-state index in [1.54, 1.807) is 54.9 Å². The van der Waals surface area contributed by atoms with Crippen molar-refractivity contribution in [3.63, 3.8) is 0 Å². The fraction of sp³-hybridized carbons (Fsp3) is 0.0455. The average molecular weight is 402 g/mol. The molecule has 0 aliphatic heterocycles. The Morgan fingerprint density at radius 1 is 1.03 bits per heavy atom. The van der Waals surface area contributed by atoms with Crippen molar-refractivity contribution in [3.8, 4) is 11.5 Å². The quantitative estimate of drug-likeness (QED) is 0.374. The molecule has 0 atom stereocenters. The van der Waals surface area contributed by atoms with Crippen LogP contribution in [0.2, 0.25) is 0 Å². The molecule has 150 valence electrons. The molecule has 2 heterocycles. The van der Waals surface area contributed by atoms with Crippen LogP contribution in [0.5, 0.6) is 11.5 Å². The number of carbonyl (C=O) groups is 2. The average Bonchev–Trinajstić information content (AvgIpc) is 3.17. The van der Waals surface area contributed by atoms with Crippen molar-refractivity contribution >= 4 is 34.2 Å². The van der Waals surface area contributed by atoms with Gasteiger partial charge in [-0.25, -0.2) is 9.78 Å². The molecular formula is C22H18N4O4. The Kier molecular flexibility index (Phi) is 5.04. The van der Waals surface area contributed by atoms with Gasteiger partial charge >= 0.3 is 6.03 Å². The van der Waals surface area contributed by atoms with Gasteiger partial charge in [-0.3, -0.25) is 4.79 Å². The predicted molar refractivity (Wildman–Crippen MR) is 113 cm³/mol.